The van der Waals surface area contributed by atoms with Gasteiger partial charge in [0.2, 0.25) is 0 Å². The van der Waals surface area contributed by atoms with E-state index in [1.54, 1.807) is 0 Å². The lowest BCUT2D eigenvalue weighted by molar-refractivity contribution is -0.384. The average molecular weight is 477 g/mol. The van der Waals surface area contributed by atoms with E-state index in [2.05, 4.69) is 4.72 Å². The highest BCUT2D eigenvalue weighted by Gasteiger charge is 2.52. The topological polar surface area (TPSA) is 110 Å². The molecule has 0 aromatic heterocycles. The normalized spacial score (nSPS) is 28.6. The zero-order valence-corrected chi connectivity index (χ0v) is 19.2. The number of aromatic hydroxyl groups is 1. The Hall–Kier alpha value is -2.32. The van der Waals surface area contributed by atoms with Crippen LogP contribution in [-0.4, -0.2) is 18.4 Å². The van der Waals surface area contributed by atoms with Crippen molar-refractivity contribution >= 4 is 33.0 Å². The van der Waals surface area contributed by atoms with Crippen molar-refractivity contribution in [1.82, 2.24) is 0 Å². The van der Waals surface area contributed by atoms with Gasteiger partial charge in [-0.1, -0.05) is 17.7 Å². The number of anilines is 1. The van der Waals surface area contributed by atoms with Gasteiger partial charge in [0.1, 0.15) is 10.6 Å². The van der Waals surface area contributed by atoms with Gasteiger partial charge in [0, 0.05) is 17.7 Å². The molecular formula is C23H25ClN2O5S. The molecule has 170 valence electrons. The second kappa shape index (κ2) is 7.35. The Balaban J connectivity index is 1.53. The van der Waals surface area contributed by atoms with Crippen LogP contribution in [0.2, 0.25) is 5.02 Å². The van der Waals surface area contributed by atoms with E-state index in [1.165, 1.54) is 37.5 Å². The molecule has 2 aromatic rings. The molecule has 0 saturated heterocycles. The molecule has 4 aliphatic rings. The number of nitro groups is 1. The fraction of sp³-hybridized carbons (Fsp3) is 0.478. The first-order valence-electron chi connectivity index (χ1n) is 10.9. The molecule has 0 spiro atoms. The molecule has 0 amide bonds. The van der Waals surface area contributed by atoms with Crippen LogP contribution < -0.4 is 4.72 Å². The summed E-state index contributed by atoms with van der Waals surface area (Å²) in [4.78, 5) is 10.1. The van der Waals surface area contributed by atoms with Crippen molar-refractivity contribution in [1.29, 1.82) is 0 Å². The number of aryl methyl sites for hydroxylation is 1. The first-order valence-corrected chi connectivity index (χ1v) is 12.7. The van der Waals surface area contributed by atoms with Crippen LogP contribution in [-0.2, 0) is 15.4 Å². The van der Waals surface area contributed by atoms with E-state index in [0.717, 1.165) is 36.5 Å². The molecule has 4 bridgehead atoms. The number of nitrogens with one attached hydrogen (secondary N) is 1. The highest BCUT2D eigenvalue weighted by molar-refractivity contribution is 7.92. The van der Waals surface area contributed by atoms with Crippen LogP contribution in [0, 0.1) is 34.8 Å². The number of rotatable bonds is 5. The Kier molecular flexibility index (Phi) is 4.94. The van der Waals surface area contributed by atoms with Crippen molar-refractivity contribution in [3.8, 4) is 5.75 Å². The number of nitro benzene ring substituents is 1. The summed E-state index contributed by atoms with van der Waals surface area (Å²) in [5.41, 5.74) is 1.13. The van der Waals surface area contributed by atoms with E-state index in [-0.39, 0.29) is 32.5 Å². The van der Waals surface area contributed by atoms with Gasteiger partial charge < -0.3 is 5.11 Å². The van der Waals surface area contributed by atoms with E-state index in [9.17, 15) is 23.6 Å². The van der Waals surface area contributed by atoms with Crippen molar-refractivity contribution in [2.75, 3.05) is 4.72 Å². The Bertz CT molecular complexity index is 1190. The summed E-state index contributed by atoms with van der Waals surface area (Å²) in [5.74, 6) is 1.76. The zero-order valence-electron chi connectivity index (χ0n) is 17.7. The van der Waals surface area contributed by atoms with Gasteiger partial charge in [0.05, 0.1) is 15.6 Å². The van der Waals surface area contributed by atoms with Crippen molar-refractivity contribution in [2.45, 2.75) is 55.8 Å². The number of halogens is 1. The molecule has 0 aliphatic heterocycles. The molecule has 0 unspecified atom stereocenters. The fourth-order valence-corrected chi connectivity index (χ4v) is 8.26. The number of phenols is 1. The second-order valence-electron chi connectivity index (χ2n) is 9.88. The standard InChI is InChI=1S/C23H25ClN2O5S/c1-13-4-18(23-10-14-6-15(11-23)8-16(7-14)12-23)22(27)21(5-13)32(30,31)25-20-3-2-17(26(28)29)9-19(20)24/h2-5,9,14-16,25,27H,6-8,10-12H2,1H3. The van der Waals surface area contributed by atoms with Gasteiger partial charge >= 0.3 is 0 Å². The minimum absolute atomic E-state index is 0.0227. The SMILES string of the molecule is Cc1cc(C23CC4CC(CC(C4)C2)C3)c(O)c(S(=O)(=O)Nc2ccc([N+](=O)[O-])cc2Cl)c1. The summed E-state index contributed by atoms with van der Waals surface area (Å²) in [6.45, 7) is 1.83. The van der Waals surface area contributed by atoms with Gasteiger partial charge in [0.15, 0.2) is 0 Å². The van der Waals surface area contributed by atoms with E-state index < -0.39 is 14.9 Å². The van der Waals surface area contributed by atoms with Crippen LogP contribution in [0.25, 0.3) is 0 Å². The quantitative estimate of drug-likeness (QED) is 0.435. The molecule has 4 aliphatic carbocycles. The highest BCUT2D eigenvalue weighted by Crippen LogP contribution is 2.62. The molecule has 6 rings (SSSR count). The summed E-state index contributed by atoms with van der Waals surface area (Å²) >= 11 is 6.09. The highest BCUT2D eigenvalue weighted by atomic mass is 35.5. The number of benzene rings is 2. The number of sulfonamides is 1. The predicted octanol–water partition coefficient (Wildman–Crippen LogP) is 5.53. The minimum Gasteiger partial charge on any atom is -0.506 e. The summed E-state index contributed by atoms with van der Waals surface area (Å²) in [5, 5.41) is 22.1. The van der Waals surface area contributed by atoms with E-state index in [0.29, 0.717) is 17.8 Å². The van der Waals surface area contributed by atoms with Crippen LogP contribution in [0.3, 0.4) is 0 Å². The first-order chi connectivity index (χ1) is 15.1. The summed E-state index contributed by atoms with van der Waals surface area (Å²) in [6.07, 6.45) is 6.73. The maximum absolute atomic E-state index is 13.3. The summed E-state index contributed by atoms with van der Waals surface area (Å²) < 4.78 is 28.9. The summed E-state index contributed by atoms with van der Waals surface area (Å²) in [6, 6.07) is 6.93. The monoisotopic (exact) mass is 476 g/mol. The molecule has 0 radical (unpaired) electrons. The molecular weight excluding hydrogens is 452 g/mol. The van der Waals surface area contributed by atoms with Crippen LogP contribution in [0.4, 0.5) is 11.4 Å². The number of hydrogen-bond donors (Lipinski definition) is 2. The molecule has 0 heterocycles. The third-order valence-electron chi connectivity index (χ3n) is 7.53. The lowest BCUT2D eigenvalue weighted by Gasteiger charge is -2.57. The fourth-order valence-electron chi connectivity index (χ4n) is 6.70. The van der Waals surface area contributed by atoms with Gasteiger partial charge in [-0.2, -0.15) is 0 Å². The molecule has 32 heavy (non-hydrogen) atoms. The van der Waals surface area contributed by atoms with E-state index >= 15 is 0 Å². The van der Waals surface area contributed by atoms with Crippen molar-refractivity contribution < 1.29 is 18.4 Å². The summed E-state index contributed by atoms with van der Waals surface area (Å²) in [7, 11) is -4.17. The average Bonchev–Trinajstić information content (AvgIpc) is 2.69. The first kappa shape index (κ1) is 21.5. The van der Waals surface area contributed by atoms with Gasteiger partial charge in [0.25, 0.3) is 15.7 Å². The van der Waals surface area contributed by atoms with Gasteiger partial charge in [-0.25, -0.2) is 8.42 Å². The Morgan fingerprint density at radius 2 is 1.69 bits per heavy atom. The largest absolute Gasteiger partial charge is 0.506 e. The molecule has 7 nitrogen and oxygen atoms in total. The van der Waals surface area contributed by atoms with Crippen LogP contribution in [0.5, 0.6) is 5.75 Å². The lowest BCUT2D eigenvalue weighted by atomic mass is 9.48. The minimum atomic E-state index is -4.17. The van der Waals surface area contributed by atoms with Gasteiger partial charge in [-0.15, -0.1) is 0 Å². The molecule has 0 atom stereocenters. The van der Waals surface area contributed by atoms with Gasteiger partial charge in [-0.05, 0) is 86.3 Å². The number of phenolic OH excluding ortho intramolecular Hbond substituents is 1. The maximum atomic E-state index is 13.3. The van der Waals surface area contributed by atoms with E-state index in [4.69, 9.17) is 11.6 Å². The van der Waals surface area contributed by atoms with Crippen LogP contribution in [0.1, 0.15) is 49.7 Å². The van der Waals surface area contributed by atoms with Crippen molar-refractivity contribution in [2.24, 2.45) is 17.8 Å². The van der Waals surface area contributed by atoms with Gasteiger partial charge in [-0.3, -0.25) is 14.8 Å². The molecule has 4 fully saturated rings. The van der Waals surface area contributed by atoms with E-state index in [1.807, 2.05) is 13.0 Å². The Morgan fingerprint density at radius 1 is 1.09 bits per heavy atom. The molecule has 2 N–H and O–H groups in total. The number of hydrogen-bond acceptors (Lipinski definition) is 5. The maximum Gasteiger partial charge on any atom is 0.271 e. The Labute approximate surface area is 192 Å². The Morgan fingerprint density at radius 3 is 2.22 bits per heavy atom. The molecule has 9 heteroatoms. The number of nitrogens with zero attached hydrogens (tertiary/aromatic N) is 1. The molecule has 2 aromatic carbocycles. The van der Waals surface area contributed by atoms with Crippen LogP contribution >= 0.6 is 11.6 Å². The third-order valence-corrected chi connectivity index (χ3v) is 9.22. The van der Waals surface area contributed by atoms with Crippen molar-refractivity contribution in [3.05, 3.63) is 56.6 Å². The van der Waals surface area contributed by atoms with Crippen LogP contribution in [0.15, 0.2) is 35.2 Å². The van der Waals surface area contributed by atoms with Crippen molar-refractivity contribution in [3.63, 3.8) is 0 Å². The zero-order chi connectivity index (χ0) is 22.8. The smallest absolute Gasteiger partial charge is 0.271 e. The second-order valence-corrected chi connectivity index (χ2v) is 11.9. The third kappa shape index (κ3) is 3.53. The lowest BCUT2D eigenvalue weighted by Crippen LogP contribution is -2.48. The number of non-ortho nitro benzene ring substituents is 1. The predicted molar refractivity (Wildman–Crippen MR) is 122 cm³/mol. The molecule has 4 saturated carbocycles.